The van der Waals surface area contributed by atoms with Crippen molar-refractivity contribution in [3.63, 3.8) is 0 Å². The van der Waals surface area contributed by atoms with Crippen molar-refractivity contribution < 1.29 is 27.7 Å². The second-order valence-electron chi connectivity index (χ2n) is 6.12. The molecule has 0 atom stereocenters. The van der Waals surface area contributed by atoms with Crippen LogP contribution in [0.1, 0.15) is 18.1 Å². The maximum atomic E-state index is 13.2. The molecule has 0 amide bonds. The standard InChI is InChI=1S/C22H21O6P/c1-18(23)27-21-12-14-22(15-13-21)28-29(24,25-16-19-8-4-2-5-9-19)26-17-20-10-6-3-7-11-20/h2-15H,16-17H2,1H3. The highest BCUT2D eigenvalue weighted by Gasteiger charge is 2.29. The van der Waals surface area contributed by atoms with Gasteiger partial charge in [-0.05, 0) is 35.4 Å². The normalized spacial score (nSPS) is 11.1. The van der Waals surface area contributed by atoms with Gasteiger partial charge in [-0.15, -0.1) is 0 Å². The van der Waals surface area contributed by atoms with Crippen LogP contribution in [0.5, 0.6) is 11.5 Å². The van der Waals surface area contributed by atoms with Crippen LogP contribution in [0.15, 0.2) is 84.9 Å². The van der Waals surface area contributed by atoms with Crippen LogP contribution in [0.25, 0.3) is 0 Å². The number of carbonyl (C=O) groups excluding carboxylic acids is 1. The molecule has 0 saturated heterocycles. The molecule has 3 aromatic carbocycles. The largest absolute Gasteiger partial charge is 0.530 e. The van der Waals surface area contributed by atoms with Crippen molar-refractivity contribution in [3.05, 3.63) is 96.1 Å². The molecule has 0 aliphatic heterocycles. The number of ether oxygens (including phenoxy) is 1. The summed E-state index contributed by atoms with van der Waals surface area (Å²) >= 11 is 0. The third kappa shape index (κ3) is 6.88. The third-order valence-corrected chi connectivity index (χ3v) is 5.09. The van der Waals surface area contributed by atoms with E-state index in [0.29, 0.717) is 5.75 Å². The highest BCUT2D eigenvalue weighted by molar-refractivity contribution is 7.48. The molecule has 29 heavy (non-hydrogen) atoms. The summed E-state index contributed by atoms with van der Waals surface area (Å²) in [7, 11) is -3.92. The molecule has 7 heteroatoms. The fourth-order valence-corrected chi connectivity index (χ4v) is 3.58. The van der Waals surface area contributed by atoms with Crippen molar-refractivity contribution in [2.45, 2.75) is 20.1 Å². The van der Waals surface area contributed by atoms with Crippen molar-refractivity contribution in [1.29, 1.82) is 0 Å². The van der Waals surface area contributed by atoms with Crippen molar-refractivity contribution >= 4 is 13.8 Å². The number of esters is 1. The summed E-state index contributed by atoms with van der Waals surface area (Å²) in [6, 6.07) is 24.8. The number of hydrogen-bond donors (Lipinski definition) is 0. The lowest BCUT2D eigenvalue weighted by Crippen LogP contribution is -2.04. The summed E-state index contributed by atoms with van der Waals surface area (Å²) in [5, 5.41) is 0. The average molecular weight is 412 g/mol. The minimum atomic E-state index is -3.92. The second-order valence-corrected chi connectivity index (χ2v) is 7.72. The minimum Gasteiger partial charge on any atom is -0.427 e. The van der Waals surface area contributed by atoms with Gasteiger partial charge < -0.3 is 9.26 Å². The van der Waals surface area contributed by atoms with E-state index in [0.717, 1.165) is 11.1 Å². The molecule has 0 aliphatic rings. The summed E-state index contributed by atoms with van der Waals surface area (Å²) in [6.07, 6.45) is 0. The summed E-state index contributed by atoms with van der Waals surface area (Å²) in [6.45, 7) is 1.45. The van der Waals surface area contributed by atoms with Crippen LogP contribution in [-0.2, 0) is 31.6 Å². The first kappa shape index (κ1) is 20.8. The summed E-state index contributed by atoms with van der Waals surface area (Å²) in [5.74, 6) is 0.196. The van der Waals surface area contributed by atoms with Crippen molar-refractivity contribution in [3.8, 4) is 11.5 Å². The Hall–Kier alpha value is -2.92. The molecule has 0 N–H and O–H groups in total. The zero-order valence-corrected chi connectivity index (χ0v) is 16.8. The Balaban J connectivity index is 1.72. The maximum Gasteiger partial charge on any atom is 0.530 e. The quantitative estimate of drug-likeness (QED) is 0.261. The highest BCUT2D eigenvalue weighted by Crippen LogP contribution is 2.51. The van der Waals surface area contributed by atoms with E-state index in [4.69, 9.17) is 18.3 Å². The van der Waals surface area contributed by atoms with Gasteiger partial charge >= 0.3 is 13.8 Å². The first-order valence-electron chi connectivity index (χ1n) is 8.97. The van der Waals surface area contributed by atoms with Crippen LogP contribution in [0.2, 0.25) is 0 Å². The van der Waals surface area contributed by atoms with Crippen molar-refractivity contribution in [1.82, 2.24) is 0 Å². The van der Waals surface area contributed by atoms with Gasteiger partial charge in [0.25, 0.3) is 0 Å². The van der Waals surface area contributed by atoms with Gasteiger partial charge in [-0.2, -0.15) is 0 Å². The smallest absolute Gasteiger partial charge is 0.427 e. The van der Waals surface area contributed by atoms with E-state index in [2.05, 4.69) is 0 Å². The van der Waals surface area contributed by atoms with Gasteiger partial charge in [0.1, 0.15) is 11.5 Å². The first-order valence-corrected chi connectivity index (χ1v) is 10.4. The molecule has 0 spiro atoms. The molecule has 0 bridgehead atoms. The second kappa shape index (κ2) is 10.0. The topological polar surface area (TPSA) is 71.1 Å². The van der Waals surface area contributed by atoms with E-state index in [9.17, 15) is 9.36 Å². The van der Waals surface area contributed by atoms with Gasteiger partial charge in [0, 0.05) is 6.92 Å². The Labute approximate surface area is 169 Å². The lowest BCUT2D eigenvalue weighted by molar-refractivity contribution is -0.131. The zero-order chi connectivity index (χ0) is 20.5. The monoisotopic (exact) mass is 412 g/mol. The molecular weight excluding hydrogens is 391 g/mol. The summed E-state index contributed by atoms with van der Waals surface area (Å²) in [4.78, 5) is 11.0. The Bertz CT molecular complexity index is 910. The number of benzene rings is 3. The van der Waals surface area contributed by atoms with Crippen LogP contribution < -0.4 is 9.26 Å². The summed E-state index contributed by atoms with van der Waals surface area (Å²) < 4.78 is 34.9. The molecule has 0 fully saturated rings. The average Bonchev–Trinajstić information content (AvgIpc) is 2.74. The van der Waals surface area contributed by atoms with E-state index < -0.39 is 13.8 Å². The Morgan fingerprint density at radius 3 is 1.62 bits per heavy atom. The van der Waals surface area contributed by atoms with Gasteiger partial charge in [0.15, 0.2) is 0 Å². The van der Waals surface area contributed by atoms with Gasteiger partial charge in [-0.3, -0.25) is 13.8 Å². The fourth-order valence-electron chi connectivity index (χ4n) is 2.41. The molecule has 150 valence electrons. The van der Waals surface area contributed by atoms with Crippen molar-refractivity contribution in [2.75, 3.05) is 0 Å². The van der Waals surface area contributed by atoms with E-state index in [1.807, 2.05) is 60.7 Å². The van der Waals surface area contributed by atoms with E-state index in [-0.39, 0.29) is 19.0 Å². The number of rotatable bonds is 9. The maximum absolute atomic E-state index is 13.2. The van der Waals surface area contributed by atoms with Crippen LogP contribution in [0.3, 0.4) is 0 Å². The molecule has 0 saturated carbocycles. The molecule has 6 nitrogen and oxygen atoms in total. The van der Waals surface area contributed by atoms with E-state index in [1.54, 1.807) is 0 Å². The van der Waals surface area contributed by atoms with Crippen LogP contribution in [0.4, 0.5) is 0 Å². The number of phosphoric ester groups is 1. The Kier molecular flexibility index (Phi) is 7.19. The highest BCUT2D eigenvalue weighted by atomic mass is 31.2. The Morgan fingerprint density at radius 2 is 1.17 bits per heavy atom. The summed E-state index contributed by atoms with van der Waals surface area (Å²) in [5.41, 5.74) is 1.68. The molecular formula is C22H21O6P. The predicted molar refractivity (Wildman–Crippen MR) is 108 cm³/mol. The lowest BCUT2D eigenvalue weighted by atomic mass is 10.2. The molecule has 0 radical (unpaired) electrons. The number of phosphoric acid groups is 1. The molecule has 3 rings (SSSR count). The SMILES string of the molecule is CC(=O)Oc1ccc(OP(=O)(OCc2ccccc2)OCc2ccccc2)cc1. The number of carbonyl (C=O) groups is 1. The van der Waals surface area contributed by atoms with Crippen molar-refractivity contribution in [2.24, 2.45) is 0 Å². The molecule has 3 aromatic rings. The van der Waals surface area contributed by atoms with Crippen LogP contribution >= 0.6 is 7.82 Å². The Morgan fingerprint density at radius 1 is 0.724 bits per heavy atom. The minimum absolute atomic E-state index is 0.0679. The third-order valence-electron chi connectivity index (χ3n) is 3.77. The molecule has 0 heterocycles. The van der Waals surface area contributed by atoms with E-state index in [1.165, 1.54) is 31.2 Å². The van der Waals surface area contributed by atoms with Gasteiger partial charge in [0.2, 0.25) is 0 Å². The van der Waals surface area contributed by atoms with Gasteiger partial charge in [-0.1, -0.05) is 60.7 Å². The van der Waals surface area contributed by atoms with Gasteiger partial charge in [-0.25, -0.2) is 4.57 Å². The first-order chi connectivity index (χ1) is 14.0. The fraction of sp³-hybridized carbons (Fsp3) is 0.136. The molecule has 0 aliphatic carbocycles. The molecule has 0 aromatic heterocycles. The van der Waals surface area contributed by atoms with Crippen LogP contribution in [-0.4, -0.2) is 5.97 Å². The zero-order valence-electron chi connectivity index (χ0n) is 15.9. The molecule has 0 unspecified atom stereocenters. The van der Waals surface area contributed by atoms with E-state index >= 15 is 0 Å². The van der Waals surface area contributed by atoms with Crippen LogP contribution in [0, 0.1) is 0 Å². The number of hydrogen-bond acceptors (Lipinski definition) is 6. The predicted octanol–water partition coefficient (Wildman–Crippen LogP) is 5.53. The lowest BCUT2D eigenvalue weighted by Gasteiger charge is -2.19. The van der Waals surface area contributed by atoms with Gasteiger partial charge in [0.05, 0.1) is 13.2 Å².